The molecule has 3 aliphatic rings. The summed E-state index contributed by atoms with van der Waals surface area (Å²) in [6.45, 7) is -0.385. The Balaban J connectivity index is 1.31. The van der Waals surface area contributed by atoms with Gasteiger partial charge in [0.1, 0.15) is 11.7 Å². The molecule has 0 saturated carbocycles. The number of alkyl halides is 2. The summed E-state index contributed by atoms with van der Waals surface area (Å²) < 4.78 is 26.2. The van der Waals surface area contributed by atoms with Gasteiger partial charge in [-0.2, -0.15) is 5.10 Å². The Morgan fingerprint density at radius 1 is 1.18 bits per heavy atom. The average molecular weight is 387 g/mol. The van der Waals surface area contributed by atoms with E-state index in [-0.39, 0.29) is 24.2 Å². The molecule has 2 N–H and O–H groups in total. The summed E-state index contributed by atoms with van der Waals surface area (Å²) in [4.78, 5) is 28.4. The van der Waals surface area contributed by atoms with Crippen molar-refractivity contribution in [2.75, 3.05) is 25.0 Å². The van der Waals surface area contributed by atoms with Crippen LogP contribution in [0.25, 0.3) is 0 Å². The van der Waals surface area contributed by atoms with Crippen LogP contribution in [0, 0.1) is 0 Å². The molecule has 146 valence electrons. The molecule has 7 nitrogen and oxygen atoms in total. The van der Waals surface area contributed by atoms with Crippen LogP contribution in [0.5, 0.6) is 0 Å². The van der Waals surface area contributed by atoms with Crippen molar-refractivity contribution in [3.63, 3.8) is 0 Å². The minimum atomic E-state index is -2.82. The minimum Gasteiger partial charge on any atom is -0.373 e. The fourth-order valence-electron chi connectivity index (χ4n) is 4.14. The van der Waals surface area contributed by atoms with Gasteiger partial charge in [-0.05, 0) is 11.6 Å². The van der Waals surface area contributed by atoms with Crippen LogP contribution < -0.4 is 5.32 Å². The summed E-state index contributed by atoms with van der Waals surface area (Å²) in [5.41, 5.74) is 3.65. The van der Waals surface area contributed by atoms with Gasteiger partial charge in [0.15, 0.2) is 0 Å². The van der Waals surface area contributed by atoms with Crippen molar-refractivity contribution in [1.82, 2.24) is 20.0 Å². The zero-order valence-corrected chi connectivity index (χ0v) is 15.0. The lowest BCUT2D eigenvalue weighted by Crippen LogP contribution is -2.58. The Labute approximate surface area is 159 Å². The number of likely N-dealkylation sites (tertiary alicyclic amines) is 1. The Kier molecular flexibility index (Phi) is 3.68. The normalized spacial score (nSPS) is 22.1. The van der Waals surface area contributed by atoms with E-state index in [0.29, 0.717) is 24.9 Å². The standard InChI is InChI=1S/C19H19F2N5O2/c20-19(21)9-26(10-19)18(28)16-12-8-25(6-5-14(12)23-24-16)17(27)15-7-11-3-1-2-4-13(11)22-15/h1-4,15,22H,5-10H2,(H,23,24). The van der Waals surface area contributed by atoms with Gasteiger partial charge in [0.05, 0.1) is 18.8 Å². The summed E-state index contributed by atoms with van der Waals surface area (Å²) >= 11 is 0. The van der Waals surface area contributed by atoms with E-state index in [0.717, 1.165) is 21.8 Å². The van der Waals surface area contributed by atoms with Crippen LogP contribution in [0.4, 0.5) is 14.5 Å². The third-order valence-corrected chi connectivity index (χ3v) is 5.65. The summed E-state index contributed by atoms with van der Waals surface area (Å²) in [7, 11) is 0. The summed E-state index contributed by atoms with van der Waals surface area (Å²) in [5.74, 6) is -3.33. The molecule has 0 spiro atoms. The molecular formula is C19H19F2N5O2. The Morgan fingerprint density at radius 3 is 2.71 bits per heavy atom. The molecule has 1 saturated heterocycles. The van der Waals surface area contributed by atoms with Crippen molar-refractivity contribution in [1.29, 1.82) is 0 Å². The summed E-state index contributed by atoms with van der Waals surface area (Å²) in [6.07, 6.45) is 1.15. The highest BCUT2D eigenvalue weighted by molar-refractivity contribution is 5.95. The number of anilines is 1. The second-order valence-electron chi connectivity index (χ2n) is 7.61. The molecule has 1 aromatic carbocycles. The lowest BCUT2D eigenvalue weighted by Gasteiger charge is -2.38. The number of amides is 2. The number of fused-ring (bicyclic) bond motifs is 2. The molecule has 3 aliphatic heterocycles. The Hall–Kier alpha value is -2.97. The molecule has 2 amide bonds. The highest BCUT2D eigenvalue weighted by atomic mass is 19.3. The number of H-pyrrole nitrogens is 1. The zero-order valence-electron chi connectivity index (χ0n) is 15.0. The van der Waals surface area contributed by atoms with Crippen molar-refractivity contribution >= 4 is 17.5 Å². The monoisotopic (exact) mass is 387 g/mol. The van der Waals surface area contributed by atoms with E-state index in [1.807, 2.05) is 24.3 Å². The number of carbonyl (C=O) groups is 2. The first-order valence-corrected chi connectivity index (χ1v) is 9.28. The number of rotatable bonds is 2. The van der Waals surface area contributed by atoms with Crippen LogP contribution in [0.1, 0.15) is 27.3 Å². The van der Waals surface area contributed by atoms with Gasteiger partial charge in [0, 0.05) is 37.2 Å². The van der Waals surface area contributed by atoms with Crippen molar-refractivity contribution in [2.24, 2.45) is 0 Å². The number of nitrogens with one attached hydrogen (secondary N) is 2. The second kappa shape index (κ2) is 6.02. The van der Waals surface area contributed by atoms with Crippen molar-refractivity contribution in [3.8, 4) is 0 Å². The topological polar surface area (TPSA) is 81.3 Å². The zero-order chi connectivity index (χ0) is 19.5. The SMILES string of the molecule is O=C(c1[nH]nc2c1CN(C(=O)C1Cc3ccccc3N1)CC2)N1CC(F)(F)C1. The smallest absolute Gasteiger partial charge is 0.282 e. The number of hydrogen-bond acceptors (Lipinski definition) is 4. The van der Waals surface area contributed by atoms with Crippen LogP contribution in [0.3, 0.4) is 0 Å². The first kappa shape index (κ1) is 17.2. The second-order valence-corrected chi connectivity index (χ2v) is 7.61. The molecule has 4 heterocycles. The number of aromatic nitrogens is 2. The fraction of sp³-hybridized carbons (Fsp3) is 0.421. The molecule has 9 heteroatoms. The van der Waals surface area contributed by atoms with Crippen LogP contribution >= 0.6 is 0 Å². The molecular weight excluding hydrogens is 368 g/mol. The largest absolute Gasteiger partial charge is 0.373 e. The first-order chi connectivity index (χ1) is 13.4. The van der Waals surface area contributed by atoms with Crippen molar-refractivity contribution in [2.45, 2.75) is 31.4 Å². The summed E-state index contributed by atoms with van der Waals surface area (Å²) in [5, 5.41) is 10.1. The Bertz CT molecular complexity index is 940. The molecule has 1 fully saturated rings. The predicted octanol–water partition coefficient (Wildman–Crippen LogP) is 1.42. The third kappa shape index (κ3) is 2.73. The number of nitrogens with zero attached hydrogens (tertiary/aromatic N) is 3. The number of hydrogen-bond donors (Lipinski definition) is 2. The van der Waals surface area contributed by atoms with E-state index >= 15 is 0 Å². The predicted molar refractivity (Wildman–Crippen MR) is 96.1 cm³/mol. The van der Waals surface area contributed by atoms with Gasteiger partial charge in [-0.25, -0.2) is 8.78 Å². The van der Waals surface area contributed by atoms with Gasteiger partial charge in [-0.3, -0.25) is 14.7 Å². The molecule has 1 aromatic heterocycles. The molecule has 0 radical (unpaired) electrons. The number of carbonyl (C=O) groups excluding carboxylic acids is 2. The number of para-hydroxylation sites is 1. The van der Waals surface area contributed by atoms with Gasteiger partial charge in [-0.15, -0.1) is 0 Å². The van der Waals surface area contributed by atoms with E-state index in [9.17, 15) is 18.4 Å². The van der Waals surface area contributed by atoms with Crippen LogP contribution in [-0.4, -0.2) is 63.4 Å². The van der Waals surface area contributed by atoms with E-state index in [1.54, 1.807) is 4.90 Å². The molecule has 5 rings (SSSR count). The average Bonchev–Trinajstić information content (AvgIpc) is 3.28. The van der Waals surface area contributed by atoms with Crippen LogP contribution in [0.15, 0.2) is 24.3 Å². The van der Waals surface area contributed by atoms with Gasteiger partial charge < -0.3 is 15.1 Å². The molecule has 1 unspecified atom stereocenters. The maximum Gasteiger partial charge on any atom is 0.282 e. The molecule has 28 heavy (non-hydrogen) atoms. The van der Waals surface area contributed by atoms with Gasteiger partial charge in [-0.1, -0.05) is 18.2 Å². The van der Waals surface area contributed by atoms with Crippen LogP contribution in [0.2, 0.25) is 0 Å². The molecule has 1 atom stereocenters. The van der Waals surface area contributed by atoms with Gasteiger partial charge in [0.2, 0.25) is 5.91 Å². The highest BCUT2D eigenvalue weighted by Gasteiger charge is 2.47. The number of halogens is 2. The molecule has 0 aliphatic carbocycles. The third-order valence-electron chi connectivity index (χ3n) is 5.65. The maximum atomic E-state index is 13.1. The van der Waals surface area contributed by atoms with Gasteiger partial charge in [0.25, 0.3) is 11.8 Å². The van der Waals surface area contributed by atoms with E-state index < -0.39 is 24.9 Å². The van der Waals surface area contributed by atoms with Crippen molar-refractivity contribution in [3.05, 3.63) is 46.8 Å². The summed E-state index contributed by atoms with van der Waals surface area (Å²) in [6, 6.07) is 7.49. The maximum absolute atomic E-state index is 13.1. The highest BCUT2D eigenvalue weighted by Crippen LogP contribution is 2.31. The van der Waals surface area contributed by atoms with E-state index in [4.69, 9.17) is 0 Å². The van der Waals surface area contributed by atoms with Crippen LogP contribution in [-0.2, 0) is 24.2 Å². The fourth-order valence-corrected chi connectivity index (χ4v) is 4.14. The lowest BCUT2D eigenvalue weighted by molar-refractivity contribution is -0.132. The Morgan fingerprint density at radius 2 is 1.96 bits per heavy atom. The first-order valence-electron chi connectivity index (χ1n) is 9.28. The molecule has 0 bridgehead atoms. The quantitative estimate of drug-likeness (QED) is 0.817. The minimum absolute atomic E-state index is 0.0306. The lowest BCUT2D eigenvalue weighted by atomic mass is 10.0. The number of benzene rings is 1. The van der Waals surface area contributed by atoms with E-state index in [1.165, 1.54) is 0 Å². The van der Waals surface area contributed by atoms with Gasteiger partial charge >= 0.3 is 0 Å². The molecule has 2 aromatic rings. The van der Waals surface area contributed by atoms with Crippen molar-refractivity contribution < 1.29 is 18.4 Å². The van der Waals surface area contributed by atoms with E-state index in [2.05, 4.69) is 15.5 Å². The number of aromatic amines is 1.